The molecule has 0 aliphatic carbocycles. The molecule has 164 valence electrons. The van der Waals surface area contributed by atoms with Gasteiger partial charge in [-0.3, -0.25) is 14.5 Å². The predicted molar refractivity (Wildman–Crippen MR) is 120 cm³/mol. The van der Waals surface area contributed by atoms with Crippen LogP contribution in [0.4, 0.5) is 10.5 Å². The third-order valence-corrected chi connectivity index (χ3v) is 7.87. The minimum absolute atomic E-state index is 0.00247. The van der Waals surface area contributed by atoms with Gasteiger partial charge in [0.2, 0.25) is 0 Å². The number of piperidine rings is 2. The van der Waals surface area contributed by atoms with Gasteiger partial charge in [0.15, 0.2) is 5.78 Å². The predicted octanol–water partition coefficient (Wildman–Crippen LogP) is 1.55. The van der Waals surface area contributed by atoms with Crippen LogP contribution in [-0.4, -0.2) is 54.8 Å². The third-order valence-electron chi connectivity index (χ3n) is 6.51. The number of Topliss-reactive ketones (excluding diaryl/α,β-unsaturated/α-hetero) is 1. The average Bonchev–Trinajstić information content (AvgIpc) is 3.14. The van der Waals surface area contributed by atoms with E-state index in [1.54, 1.807) is 17.0 Å². The highest BCUT2D eigenvalue weighted by Gasteiger charge is 2.51. The molecule has 31 heavy (non-hydrogen) atoms. The minimum atomic E-state index is -0.246. The first-order chi connectivity index (χ1) is 15.0. The smallest absolute Gasteiger partial charge is 0.326 e. The third kappa shape index (κ3) is 3.75. The van der Waals surface area contributed by atoms with Crippen LogP contribution in [0.2, 0.25) is 0 Å². The molecule has 3 amide bonds. The van der Waals surface area contributed by atoms with E-state index in [0.29, 0.717) is 16.2 Å². The Morgan fingerprint density at radius 1 is 1.23 bits per heavy atom. The van der Waals surface area contributed by atoms with Gasteiger partial charge in [-0.05, 0) is 51.4 Å². The van der Waals surface area contributed by atoms with E-state index in [-0.39, 0.29) is 41.1 Å². The van der Waals surface area contributed by atoms with Crippen molar-refractivity contribution in [1.82, 2.24) is 21.3 Å². The van der Waals surface area contributed by atoms with Gasteiger partial charge in [-0.2, -0.15) is 0 Å². The monoisotopic (exact) mass is 441 g/mol. The van der Waals surface area contributed by atoms with Gasteiger partial charge in [0.1, 0.15) is 0 Å². The van der Waals surface area contributed by atoms with Gasteiger partial charge in [-0.15, -0.1) is 0 Å². The number of rotatable bonds is 4. The summed E-state index contributed by atoms with van der Waals surface area (Å²) in [6.45, 7) is 4.06. The molecule has 0 spiro atoms. The highest BCUT2D eigenvalue weighted by Crippen LogP contribution is 2.47. The molecular formula is C22H27N5O3S. The van der Waals surface area contributed by atoms with E-state index >= 15 is 0 Å². The highest BCUT2D eigenvalue weighted by atomic mass is 32.2. The van der Waals surface area contributed by atoms with Gasteiger partial charge in [0.25, 0.3) is 5.91 Å². The average molecular weight is 442 g/mol. The number of nitrogens with zero attached hydrogens (tertiary/aromatic N) is 1. The van der Waals surface area contributed by atoms with Crippen LogP contribution in [0.15, 0.2) is 34.9 Å². The molecule has 1 aromatic rings. The first-order valence-corrected chi connectivity index (χ1v) is 11.8. The molecule has 0 aromatic heterocycles. The van der Waals surface area contributed by atoms with E-state index in [1.165, 1.54) is 18.7 Å². The normalized spacial score (nSPS) is 30.0. The SMILES string of the molecule is CC(=O)c1cccc(N2C(=O)NC3=C(C(=O)N[C@@H]4CCCNC4)SC4NCCC2C34)c1. The Balaban J connectivity index is 1.44. The van der Waals surface area contributed by atoms with E-state index < -0.39 is 0 Å². The summed E-state index contributed by atoms with van der Waals surface area (Å²) in [5, 5.41) is 13.0. The maximum Gasteiger partial charge on any atom is 0.326 e. The molecule has 3 unspecified atom stereocenters. The number of hydrogen-bond acceptors (Lipinski definition) is 6. The first kappa shape index (κ1) is 20.5. The second-order valence-corrected chi connectivity index (χ2v) is 9.69. The van der Waals surface area contributed by atoms with Gasteiger partial charge in [-0.25, -0.2) is 4.79 Å². The summed E-state index contributed by atoms with van der Waals surface area (Å²) in [7, 11) is 0. The number of anilines is 1. The largest absolute Gasteiger partial charge is 0.348 e. The zero-order valence-corrected chi connectivity index (χ0v) is 18.3. The maximum absolute atomic E-state index is 13.2. The lowest BCUT2D eigenvalue weighted by atomic mass is 9.86. The van der Waals surface area contributed by atoms with Crippen molar-refractivity contribution >= 4 is 35.2 Å². The van der Waals surface area contributed by atoms with Gasteiger partial charge in [0, 0.05) is 35.5 Å². The quantitative estimate of drug-likeness (QED) is 0.529. The Bertz CT molecular complexity index is 958. The van der Waals surface area contributed by atoms with E-state index in [0.717, 1.165) is 44.6 Å². The van der Waals surface area contributed by atoms with Crippen LogP contribution in [0, 0.1) is 5.92 Å². The van der Waals surface area contributed by atoms with Crippen LogP contribution in [0.5, 0.6) is 0 Å². The molecular weight excluding hydrogens is 414 g/mol. The Morgan fingerprint density at radius 3 is 2.87 bits per heavy atom. The van der Waals surface area contributed by atoms with Crippen molar-refractivity contribution in [2.45, 2.75) is 43.6 Å². The van der Waals surface area contributed by atoms with Gasteiger partial charge in [0.05, 0.1) is 16.3 Å². The molecule has 3 saturated heterocycles. The fraction of sp³-hybridized carbons (Fsp3) is 0.500. The Kier molecular flexibility index (Phi) is 5.49. The molecule has 4 atom stereocenters. The van der Waals surface area contributed by atoms with Crippen LogP contribution in [0.25, 0.3) is 0 Å². The van der Waals surface area contributed by atoms with Crippen LogP contribution in [0.3, 0.4) is 0 Å². The molecule has 0 radical (unpaired) electrons. The number of amides is 3. The number of carbonyl (C=O) groups excluding carboxylic acids is 3. The highest BCUT2D eigenvalue weighted by molar-refractivity contribution is 8.04. The van der Waals surface area contributed by atoms with Crippen LogP contribution in [-0.2, 0) is 4.79 Å². The van der Waals surface area contributed by atoms with Crippen molar-refractivity contribution in [2.75, 3.05) is 24.5 Å². The van der Waals surface area contributed by atoms with Crippen molar-refractivity contribution in [3.8, 4) is 0 Å². The molecule has 4 N–H and O–H groups in total. The van der Waals surface area contributed by atoms with Crippen LogP contribution in [0.1, 0.15) is 36.5 Å². The first-order valence-electron chi connectivity index (χ1n) is 10.9. The molecule has 5 rings (SSSR count). The summed E-state index contributed by atoms with van der Waals surface area (Å²) in [4.78, 5) is 40.5. The van der Waals surface area contributed by atoms with Crippen molar-refractivity contribution in [3.63, 3.8) is 0 Å². The van der Waals surface area contributed by atoms with Gasteiger partial charge >= 0.3 is 6.03 Å². The number of nitrogens with one attached hydrogen (secondary N) is 4. The Labute approximate surface area is 185 Å². The minimum Gasteiger partial charge on any atom is -0.348 e. The number of urea groups is 1. The summed E-state index contributed by atoms with van der Waals surface area (Å²) in [5.41, 5.74) is 2.03. The summed E-state index contributed by atoms with van der Waals surface area (Å²) in [6, 6.07) is 7.02. The number of carbonyl (C=O) groups is 3. The molecule has 0 bridgehead atoms. The van der Waals surface area contributed by atoms with Gasteiger partial charge in [-0.1, -0.05) is 23.9 Å². The fourth-order valence-electron chi connectivity index (χ4n) is 5.02. The van der Waals surface area contributed by atoms with Gasteiger partial charge < -0.3 is 21.3 Å². The van der Waals surface area contributed by atoms with Crippen molar-refractivity contribution < 1.29 is 14.4 Å². The number of thioether (sulfide) groups is 1. The van der Waals surface area contributed by atoms with Crippen LogP contribution >= 0.6 is 11.8 Å². The molecule has 3 fully saturated rings. The zero-order valence-electron chi connectivity index (χ0n) is 17.4. The second-order valence-electron chi connectivity index (χ2n) is 8.54. The van der Waals surface area contributed by atoms with Crippen molar-refractivity contribution in [2.24, 2.45) is 5.92 Å². The van der Waals surface area contributed by atoms with E-state index in [1.807, 2.05) is 12.1 Å². The lowest BCUT2D eigenvalue weighted by Gasteiger charge is -2.45. The molecule has 8 nitrogen and oxygen atoms in total. The number of hydrogen-bond donors (Lipinski definition) is 4. The van der Waals surface area contributed by atoms with E-state index in [9.17, 15) is 14.4 Å². The van der Waals surface area contributed by atoms with Crippen molar-refractivity contribution in [1.29, 1.82) is 0 Å². The van der Waals surface area contributed by atoms with Crippen LogP contribution < -0.4 is 26.2 Å². The Hall–Kier alpha value is -2.36. The summed E-state index contributed by atoms with van der Waals surface area (Å²) in [6.07, 6.45) is 2.79. The van der Waals surface area contributed by atoms with E-state index in [2.05, 4.69) is 21.3 Å². The molecule has 1 aromatic carbocycles. The molecule has 0 saturated carbocycles. The summed E-state index contributed by atoms with van der Waals surface area (Å²) in [5.74, 6) is -0.130. The second kappa shape index (κ2) is 8.29. The number of benzene rings is 1. The standard InChI is InChI=1S/C22H27N5O3S/c1-12(28)13-4-2-6-15(10-13)27-16-7-9-24-21-17(16)18(26-22(27)30)19(31-21)20(29)25-14-5-3-8-23-11-14/h2,4,6,10,14,16-17,21,23-24H,3,5,7-9,11H2,1H3,(H,25,29)(H,26,30)/t14-,16?,17?,21?/m1/s1. The summed E-state index contributed by atoms with van der Waals surface area (Å²) < 4.78 is 0. The summed E-state index contributed by atoms with van der Waals surface area (Å²) >= 11 is 1.52. The van der Waals surface area contributed by atoms with Crippen molar-refractivity contribution in [3.05, 3.63) is 40.4 Å². The maximum atomic E-state index is 13.2. The molecule has 4 heterocycles. The molecule has 9 heteroatoms. The fourth-order valence-corrected chi connectivity index (χ4v) is 6.42. The molecule has 4 aliphatic heterocycles. The lowest BCUT2D eigenvalue weighted by Crippen LogP contribution is -2.62. The van der Waals surface area contributed by atoms with E-state index in [4.69, 9.17) is 0 Å². The topological polar surface area (TPSA) is 103 Å². The zero-order chi connectivity index (χ0) is 21.5. The Morgan fingerprint density at radius 2 is 2.10 bits per heavy atom. The number of ketones is 1. The molecule has 4 aliphatic rings. The lowest BCUT2D eigenvalue weighted by molar-refractivity contribution is -0.117.